The fourth-order valence-corrected chi connectivity index (χ4v) is 3.13. The number of nitrogens with one attached hydrogen (secondary N) is 2. The predicted molar refractivity (Wildman–Crippen MR) is 107 cm³/mol. The lowest BCUT2D eigenvalue weighted by molar-refractivity contribution is 0.189. The molecule has 1 saturated heterocycles. The van der Waals surface area contributed by atoms with Crippen LogP contribution in [0.15, 0.2) is 15.6 Å². The summed E-state index contributed by atoms with van der Waals surface area (Å²) in [6.07, 6.45) is 5.11. The van der Waals surface area contributed by atoms with Crippen LogP contribution in [0, 0.1) is 5.92 Å². The quantitative estimate of drug-likeness (QED) is 0.400. The number of guanidine groups is 1. The summed E-state index contributed by atoms with van der Waals surface area (Å²) < 4.78 is 5.35. The number of nitrogens with zero attached hydrogens (tertiary/aromatic N) is 3. The molecule has 2 N–H and O–H groups in total. The molecule has 1 aromatic heterocycles. The van der Waals surface area contributed by atoms with Crippen molar-refractivity contribution in [3.05, 3.63) is 17.5 Å². The highest BCUT2D eigenvalue weighted by Gasteiger charge is 2.14. The maximum absolute atomic E-state index is 5.35. The molecule has 0 spiro atoms. The third kappa shape index (κ3) is 7.36. The van der Waals surface area contributed by atoms with Crippen molar-refractivity contribution in [1.82, 2.24) is 20.7 Å². The van der Waals surface area contributed by atoms with Crippen molar-refractivity contribution in [2.75, 3.05) is 32.7 Å². The molecule has 1 aliphatic heterocycles. The van der Waals surface area contributed by atoms with E-state index >= 15 is 0 Å². The van der Waals surface area contributed by atoms with Crippen LogP contribution in [0.1, 0.15) is 70.8 Å². The largest absolute Gasteiger partial charge is 0.359 e. The molecule has 1 aromatic rings. The first-order chi connectivity index (χ1) is 12.6. The first-order valence-electron chi connectivity index (χ1n) is 10.3. The van der Waals surface area contributed by atoms with Crippen LogP contribution in [0.4, 0.5) is 0 Å². The summed E-state index contributed by atoms with van der Waals surface area (Å²) in [4.78, 5) is 7.21. The molecule has 0 amide bonds. The number of aromatic nitrogens is 1. The standard InChI is InChI=1S/C20H37N5O/c1-5-21-20(23-15-18-14-19(16(2)3)24-26-18)22-10-6-7-11-25-12-8-17(4)9-13-25/h14,16-17H,5-13,15H2,1-4H3,(H2,21,22,23). The van der Waals surface area contributed by atoms with Crippen molar-refractivity contribution < 1.29 is 4.52 Å². The Morgan fingerprint density at radius 2 is 2.08 bits per heavy atom. The van der Waals surface area contributed by atoms with E-state index in [2.05, 4.69) is 53.4 Å². The van der Waals surface area contributed by atoms with Gasteiger partial charge < -0.3 is 20.1 Å². The Labute approximate surface area is 158 Å². The van der Waals surface area contributed by atoms with E-state index in [0.29, 0.717) is 12.5 Å². The van der Waals surface area contributed by atoms with Crippen molar-refractivity contribution in [1.29, 1.82) is 0 Å². The Kier molecular flexibility index (Phi) is 8.95. The van der Waals surface area contributed by atoms with Gasteiger partial charge in [0, 0.05) is 19.2 Å². The summed E-state index contributed by atoms with van der Waals surface area (Å²) in [5, 5.41) is 10.8. The second-order valence-corrected chi connectivity index (χ2v) is 7.73. The van der Waals surface area contributed by atoms with Crippen molar-refractivity contribution >= 4 is 5.96 Å². The van der Waals surface area contributed by atoms with E-state index < -0.39 is 0 Å². The summed E-state index contributed by atoms with van der Waals surface area (Å²) in [6, 6.07) is 2.00. The van der Waals surface area contributed by atoms with Gasteiger partial charge in [-0.15, -0.1) is 0 Å². The zero-order valence-electron chi connectivity index (χ0n) is 17.1. The summed E-state index contributed by atoms with van der Waals surface area (Å²) in [5.74, 6) is 2.95. The molecular formula is C20H37N5O. The Bertz CT molecular complexity index is 532. The summed E-state index contributed by atoms with van der Waals surface area (Å²) in [5.41, 5.74) is 0.986. The molecular weight excluding hydrogens is 326 g/mol. The van der Waals surface area contributed by atoms with Gasteiger partial charge in [-0.25, -0.2) is 4.99 Å². The number of aliphatic imine (C=N–C) groups is 1. The molecule has 2 heterocycles. The maximum atomic E-state index is 5.35. The Balaban J connectivity index is 1.66. The molecule has 0 unspecified atom stereocenters. The van der Waals surface area contributed by atoms with Crippen LogP contribution in [-0.4, -0.2) is 48.7 Å². The molecule has 148 valence electrons. The molecule has 0 aromatic carbocycles. The van der Waals surface area contributed by atoms with Gasteiger partial charge in [-0.1, -0.05) is 25.9 Å². The van der Waals surface area contributed by atoms with Crippen molar-refractivity contribution in [2.45, 2.75) is 65.8 Å². The van der Waals surface area contributed by atoms with Gasteiger partial charge in [0.15, 0.2) is 11.7 Å². The van der Waals surface area contributed by atoms with Gasteiger partial charge >= 0.3 is 0 Å². The second kappa shape index (κ2) is 11.2. The minimum Gasteiger partial charge on any atom is -0.359 e. The van der Waals surface area contributed by atoms with E-state index in [4.69, 9.17) is 4.52 Å². The van der Waals surface area contributed by atoms with E-state index in [1.165, 1.54) is 38.9 Å². The normalized spacial score (nSPS) is 17.0. The Morgan fingerprint density at radius 1 is 1.31 bits per heavy atom. The molecule has 2 rings (SSSR count). The van der Waals surface area contributed by atoms with E-state index in [-0.39, 0.29) is 0 Å². The molecule has 6 heteroatoms. The average Bonchev–Trinajstić information content (AvgIpc) is 3.10. The highest BCUT2D eigenvalue weighted by Crippen LogP contribution is 2.16. The van der Waals surface area contributed by atoms with Crippen LogP contribution < -0.4 is 10.6 Å². The number of likely N-dealkylation sites (tertiary alicyclic amines) is 1. The summed E-state index contributed by atoms with van der Waals surface area (Å²) >= 11 is 0. The van der Waals surface area contributed by atoms with E-state index in [1.54, 1.807) is 0 Å². The molecule has 0 bridgehead atoms. The molecule has 26 heavy (non-hydrogen) atoms. The van der Waals surface area contributed by atoms with Crippen LogP contribution in [0.3, 0.4) is 0 Å². The molecule has 0 aliphatic carbocycles. The predicted octanol–water partition coefficient (Wildman–Crippen LogP) is 3.37. The molecule has 1 aliphatic rings. The fraction of sp³-hybridized carbons (Fsp3) is 0.800. The highest BCUT2D eigenvalue weighted by molar-refractivity contribution is 5.79. The van der Waals surface area contributed by atoms with E-state index in [0.717, 1.165) is 42.8 Å². The van der Waals surface area contributed by atoms with Gasteiger partial charge in [-0.3, -0.25) is 0 Å². The van der Waals surface area contributed by atoms with Crippen molar-refractivity contribution in [2.24, 2.45) is 10.9 Å². The van der Waals surface area contributed by atoms with Crippen LogP contribution in [0.25, 0.3) is 0 Å². The lowest BCUT2D eigenvalue weighted by Crippen LogP contribution is -2.38. The molecule has 0 saturated carbocycles. The van der Waals surface area contributed by atoms with Crippen LogP contribution in [-0.2, 0) is 6.54 Å². The summed E-state index contributed by atoms with van der Waals surface area (Å²) in [6.45, 7) is 14.8. The third-order valence-corrected chi connectivity index (χ3v) is 4.98. The topological polar surface area (TPSA) is 65.7 Å². The van der Waals surface area contributed by atoms with Gasteiger partial charge in [-0.2, -0.15) is 0 Å². The smallest absolute Gasteiger partial charge is 0.191 e. The van der Waals surface area contributed by atoms with Crippen molar-refractivity contribution in [3.63, 3.8) is 0 Å². The highest BCUT2D eigenvalue weighted by atomic mass is 16.5. The van der Waals surface area contributed by atoms with E-state index in [1.807, 2.05) is 6.07 Å². The zero-order valence-corrected chi connectivity index (χ0v) is 17.1. The number of piperidine rings is 1. The van der Waals surface area contributed by atoms with Gasteiger partial charge in [0.05, 0.1) is 5.69 Å². The molecule has 1 fully saturated rings. The van der Waals surface area contributed by atoms with Crippen LogP contribution >= 0.6 is 0 Å². The molecule has 0 atom stereocenters. The van der Waals surface area contributed by atoms with Crippen molar-refractivity contribution in [3.8, 4) is 0 Å². The lowest BCUT2D eigenvalue weighted by Gasteiger charge is -2.30. The Hall–Kier alpha value is -1.56. The van der Waals surface area contributed by atoms with E-state index in [9.17, 15) is 0 Å². The maximum Gasteiger partial charge on any atom is 0.191 e. The van der Waals surface area contributed by atoms with Gasteiger partial charge in [-0.05, 0) is 64.1 Å². The number of unbranched alkanes of at least 4 members (excludes halogenated alkanes) is 1. The molecule has 0 radical (unpaired) electrons. The first-order valence-corrected chi connectivity index (χ1v) is 10.3. The Morgan fingerprint density at radius 3 is 2.73 bits per heavy atom. The van der Waals surface area contributed by atoms with Gasteiger partial charge in [0.2, 0.25) is 0 Å². The number of rotatable bonds is 9. The fourth-order valence-electron chi connectivity index (χ4n) is 3.13. The lowest BCUT2D eigenvalue weighted by atomic mass is 9.99. The number of hydrogen-bond acceptors (Lipinski definition) is 4. The SMILES string of the molecule is CCNC(=NCc1cc(C(C)C)no1)NCCCCN1CCC(C)CC1. The zero-order chi connectivity index (χ0) is 18.8. The minimum atomic E-state index is 0.381. The first kappa shape index (κ1) is 20.7. The van der Waals surface area contributed by atoms with Crippen LogP contribution in [0.2, 0.25) is 0 Å². The average molecular weight is 364 g/mol. The van der Waals surface area contributed by atoms with Gasteiger partial charge in [0.25, 0.3) is 0 Å². The van der Waals surface area contributed by atoms with Crippen LogP contribution in [0.5, 0.6) is 0 Å². The summed E-state index contributed by atoms with van der Waals surface area (Å²) in [7, 11) is 0. The minimum absolute atomic E-state index is 0.381. The monoisotopic (exact) mass is 363 g/mol. The third-order valence-electron chi connectivity index (χ3n) is 4.98. The molecule has 6 nitrogen and oxygen atoms in total. The second-order valence-electron chi connectivity index (χ2n) is 7.73. The van der Waals surface area contributed by atoms with Gasteiger partial charge in [0.1, 0.15) is 6.54 Å². The number of hydrogen-bond donors (Lipinski definition) is 2.